The summed E-state index contributed by atoms with van der Waals surface area (Å²) in [5, 5.41) is 0.603. The van der Waals surface area contributed by atoms with Gasteiger partial charge in [0.15, 0.2) is 5.17 Å². The van der Waals surface area contributed by atoms with Gasteiger partial charge in [0.1, 0.15) is 12.4 Å². The van der Waals surface area contributed by atoms with E-state index in [0.717, 1.165) is 25.9 Å². The summed E-state index contributed by atoms with van der Waals surface area (Å²) in [6.45, 7) is 0.164. The number of carbonyl (C=O) groups is 1. The number of hydrogen-bond donors (Lipinski definition) is 0. The summed E-state index contributed by atoms with van der Waals surface area (Å²) in [6.07, 6.45) is 7.13. The molecule has 0 aromatic heterocycles. The molecule has 7 heteroatoms. The second kappa shape index (κ2) is 10.2. The van der Waals surface area contributed by atoms with Crippen LogP contribution in [0.2, 0.25) is 0 Å². The Kier molecular flexibility index (Phi) is 7.15. The number of aliphatic imine (C=N–C) groups is 1. The van der Waals surface area contributed by atoms with Gasteiger partial charge in [-0.05, 0) is 91.7 Å². The van der Waals surface area contributed by atoms with E-state index in [1.165, 1.54) is 11.8 Å². The van der Waals surface area contributed by atoms with Crippen LogP contribution >= 0.6 is 43.6 Å². The van der Waals surface area contributed by atoms with Crippen LogP contribution in [0.4, 0.5) is 11.4 Å². The van der Waals surface area contributed by atoms with E-state index < -0.39 is 0 Å². The Morgan fingerprint density at radius 1 is 1.03 bits per heavy atom. The number of amides is 1. The molecule has 1 aliphatic rings. The summed E-state index contributed by atoms with van der Waals surface area (Å²) < 4.78 is 7.05. The normalized spacial score (nSPS) is 15.9. The maximum absolute atomic E-state index is 13.4. The monoisotopic (exact) mass is 566 g/mol. The van der Waals surface area contributed by atoms with Crippen LogP contribution in [0.25, 0.3) is 6.08 Å². The van der Waals surface area contributed by atoms with Crippen LogP contribution < -0.4 is 9.64 Å². The van der Waals surface area contributed by atoms with Crippen LogP contribution in [0.15, 0.2) is 91.6 Å². The minimum atomic E-state index is -0.129. The lowest BCUT2D eigenvalue weighted by molar-refractivity contribution is -0.113. The highest BCUT2D eigenvalue weighted by molar-refractivity contribution is 9.11. The Hall–Kier alpha value is -2.79. The Labute approximate surface area is 207 Å². The second-order valence-corrected chi connectivity index (χ2v) is 9.34. The summed E-state index contributed by atoms with van der Waals surface area (Å²) in [7, 11) is 0. The molecule has 0 spiro atoms. The van der Waals surface area contributed by atoms with Gasteiger partial charge in [0.2, 0.25) is 0 Å². The molecule has 0 unspecified atom stereocenters. The summed E-state index contributed by atoms with van der Waals surface area (Å²) in [5.74, 6) is 2.94. The molecule has 0 bridgehead atoms. The first kappa shape index (κ1) is 22.4. The zero-order chi connectivity index (χ0) is 22.5. The minimum Gasteiger partial charge on any atom is -0.479 e. The molecule has 32 heavy (non-hydrogen) atoms. The van der Waals surface area contributed by atoms with E-state index in [0.29, 0.717) is 15.8 Å². The number of benzene rings is 3. The highest BCUT2D eigenvalue weighted by atomic mass is 79.9. The summed E-state index contributed by atoms with van der Waals surface area (Å²) >= 11 is 8.38. The van der Waals surface area contributed by atoms with Crippen LogP contribution in [0.3, 0.4) is 0 Å². The molecule has 1 amide bonds. The van der Waals surface area contributed by atoms with Crippen molar-refractivity contribution in [3.8, 4) is 18.1 Å². The van der Waals surface area contributed by atoms with Crippen molar-refractivity contribution in [2.24, 2.45) is 4.99 Å². The van der Waals surface area contributed by atoms with Gasteiger partial charge >= 0.3 is 0 Å². The first-order chi connectivity index (χ1) is 15.6. The quantitative estimate of drug-likeness (QED) is 0.245. The molecule has 0 radical (unpaired) electrons. The molecule has 0 saturated carbocycles. The molecule has 3 aromatic rings. The maximum atomic E-state index is 13.4. The summed E-state index contributed by atoms with van der Waals surface area (Å²) in [4.78, 5) is 20.3. The molecule has 0 N–H and O–H groups in total. The number of hydrogen-bond acceptors (Lipinski definition) is 4. The van der Waals surface area contributed by atoms with Gasteiger partial charge in [-0.3, -0.25) is 9.69 Å². The van der Waals surface area contributed by atoms with Crippen molar-refractivity contribution < 1.29 is 9.53 Å². The molecular formula is C25H16Br2N2O2S. The molecule has 4 rings (SSSR count). The average molecular weight is 568 g/mol. The van der Waals surface area contributed by atoms with Gasteiger partial charge < -0.3 is 4.74 Å². The standard InChI is InChI=1S/C25H16Br2N2O2S/c1-2-13-31-23-20(26)14-17(15-21(23)27)16-22-24(30)29(19-11-7-4-8-12-19)25(32-22)28-18-9-5-3-6-10-18/h1,3-12,14-16H,13H2/b22-16+,28-25?. The Balaban J connectivity index is 1.73. The number of para-hydroxylation sites is 2. The van der Waals surface area contributed by atoms with E-state index in [2.05, 4.69) is 37.8 Å². The van der Waals surface area contributed by atoms with Gasteiger partial charge in [-0.2, -0.15) is 0 Å². The van der Waals surface area contributed by atoms with Crippen LogP contribution in [-0.4, -0.2) is 17.7 Å². The second-order valence-electron chi connectivity index (χ2n) is 6.62. The molecule has 1 aliphatic heterocycles. The van der Waals surface area contributed by atoms with Gasteiger partial charge in [-0.1, -0.05) is 42.3 Å². The predicted octanol–water partition coefficient (Wildman–Crippen LogP) is 7.03. The number of rotatable bonds is 5. The number of nitrogens with zero attached hydrogens (tertiary/aromatic N) is 2. The largest absolute Gasteiger partial charge is 0.479 e. The first-order valence-corrected chi connectivity index (χ1v) is 11.9. The third-order valence-corrected chi connectivity index (χ3v) is 6.57. The van der Waals surface area contributed by atoms with Gasteiger partial charge in [0, 0.05) is 0 Å². The van der Waals surface area contributed by atoms with Crippen molar-refractivity contribution in [1.29, 1.82) is 0 Å². The smallest absolute Gasteiger partial charge is 0.271 e. The molecule has 4 nitrogen and oxygen atoms in total. The van der Waals surface area contributed by atoms with E-state index in [-0.39, 0.29) is 12.5 Å². The van der Waals surface area contributed by atoms with Crippen LogP contribution in [-0.2, 0) is 4.79 Å². The molecule has 1 saturated heterocycles. The van der Waals surface area contributed by atoms with Crippen molar-refractivity contribution in [2.75, 3.05) is 11.5 Å². The highest BCUT2D eigenvalue weighted by Gasteiger charge is 2.34. The Morgan fingerprint density at radius 2 is 1.66 bits per heavy atom. The predicted molar refractivity (Wildman–Crippen MR) is 139 cm³/mol. The molecule has 158 valence electrons. The van der Waals surface area contributed by atoms with Gasteiger partial charge in [0.05, 0.1) is 25.2 Å². The fraction of sp³-hybridized carbons (Fsp3) is 0.0400. The third-order valence-electron chi connectivity index (χ3n) is 4.42. The fourth-order valence-electron chi connectivity index (χ4n) is 3.03. The number of anilines is 1. The number of thioether (sulfide) groups is 1. The molecular weight excluding hydrogens is 552 g/mol. The molecule has 1 heterocycles. The number of carbonyl (C=O) groups excluding carboxylic acids is 1. The zero-order valence-electron chi connectivity index (χ0n) is 16.7. The zero-order valence-corrected chi connectivity index (χ0v) is 20.7. The van der Waals surface area contributed by atoms with Gasteiger partial charge in [0.25, 0.3) is 5.91 Å². The first-order valence-electron chi connectivity index (χ1n) is 9.55. The van der Waals surface area contributed by atoms with Crippen molar-refractivity contribution in [1.82, 2.24) is 0 Å². The average Bonchev–Trinajstić information content (AvgIpc) is 3.09. The maximum Gasteiger partial charge on any atom is 0.271 e. The van der Waals surface area contributed by atoms with E-state index in [1.807, 2.05) is 78.9 Å². The van der Waals surface area contributed by atoms with Crippen molar-refractivity contribution in [3.63, 3.8) is 0 Å². The summed E-state index contributed by atoms with van der Waals surface area (Å²) in [5.41, 5.74) is 2.38. The highest BCUT2D eigenvalue weighted by Crippen LogP contribution is 2.39. The van der Waals surface area contributed by atoms with E-state index in [4.69, 9.17) is 16.2 Å². The molecule has 0 atom stereocenters. The summed E-state index contributed by atoms with van der Waals surface area (Å²) in [6, 6.07) is 22.9. The number of ether oxygens (including phenoxy) is 1. The van der Waals surface area contributed by atoms with Gasteiger partial charge in [-0.15, -0.1) is 6.42 Å². The van der Waals surface area contributed by atoms with Crippen molar-refractivity contribution >= 4 is 72.1 Å². The van der Waals surface area contributed by atoms with Crippen LogP contribution in [0.1, 0.15) is 5.56 Å². The van der Waals surface area contributed by atoms with Crippen molar-refractivity contribution in [2.45, 2.75) is 0 Å². The van der Waals surface area contributed by atoms with E-state index in [9.17, 15) is 4.79 Å². The minimum absolute atomic E-state index is 0.129. The lowest BCUT2D eigenvalue weighted by atomic mass is 10.2. The lowest BCUT2D eigenvalue weighted by Gasteiger charge is -2.15. The van der Waals surface area contributed by atoms with Gasteiger partial charge in [-0.25, -0.2) is 4.99 Å². The van der Waals surface area contributed by atoms with E-state index >= 15 is 0 Å². The number of terminal acetylenes is 1. The third kappa shape index (κ3) is 4.99. The van der Waals surface area contributed by atoms with E-state index in [1.54, 1.807) is 4.90 Å². The Morgan fingerprint density at radius 3 is 2.28 bits per heavy atom. The fourth-order valence-corrected chi connectivity index (χ4v) is 5.48. The molecule has 3 aromatic carbocycles. The topological polar surface area (TPSA) is 41.9 Å². The van der Waals surface area contributed by atoms with Crippen molar-refractivity contribution in [3.05, 3.63) is 92.2 Å². The lowest BCUT2D eigenvalue weighted by Crippen LogP contribution is -2.28. The number of halogens is 2. The molecule has 1 fully saturated rings. The van der Waals surface area contributed by atoms with Crippen LogP contribution in [0.5, 0.6) is 5.75 Å². The van der Waals surface area contributed by atoms with Crippen LogP contribution in [0, 0.1) is 12.3 Å². The Bertz CT molecular complexity index is 1230. The SMILES string of the molecule is C#CCOc1c(Br)cc(/C=C2/SC(=Nc3ccccc3)N(c3ccccc3)C2=O)cc1Br. The molecule has 0 aliphatic carbocycles. The number of amidine groups is 1.